The fraction of sp³-hybridized carbons (Fsp3) is 0.167. The molecule has 2 heterocycles. The molecule has 0 radical (unpaired) electrons. The first kappa shape index (κ1) is 40.7. The lowest BCUT2D eigenvalue weighted by atomic mass is 10.0. The van der Waals surface area contributed by atoms with Crippen molar-refractivity contribution < 1.29 is 8.83 Å². The quantitative estimate of drug-likeness (QED) is 0.149. The highest BCUT2D eigenvalue weighted by atomic mass is 28.3. The number of fused-ring (bicyclic) bond motifs is 9. The van der Waals surface area contributed by atoms with Crippen LogP contribution in [0.4, 0.5) is 34.1 Å². The molecule has 0 fully saturated rings. The second-order valence-corrected chi connectivity index (χ2v) is 24.6. The van der Waals surface area contributed by atoms with Gasteiger partial charge in [-0.1, -0.05) is 66.8 Å². The number of rotatable bonds is 7. The first-order chi connectivity index (χ1) is 31.2. The van der Waals surface area contributed by atoms with Crippen LogP contribution < -0.4 is 15.0 Å². The zero-order valence-electron chi connectivity index (χ0n) is 39.1. The monoisotopic (exact) mass is 862 g/mol. The smallest absolute Gasteiger partial charge is 0.147 e. The molecule has 4 nitrogen and oxygen atoms in total. The second kappa shape index (κ2) is 15.0. The zero-order valence-corrected chi connectivity index (χ0v) is 40.1. The van der Waals surface area contributed by atoms with Crippen LogP contribution in [-0.2, 0) is 0 Å². The minimum atomic E-state index is -1.46. The number of aryl methyl sites for hydroxylation is 5. The van der Waals surface area contributed by atoms with Crippen LogP contribution in [0.15, 0.2) is 154 Å². The number of hydrogen-bond acceptors (Lipinski definition) is 4. The van der Waals surface area contributed by atoms with E-state index in [1.807, 2.05) is 0 Å². The summed E-state index contributed by atoms with van der Waals surface area (Å²) in [6.07, 6.45) is 0. The standard InChI is InChI=1S/C60H54N2O2Si/c1-35-11-15-46(16-12-35)61(50-25-36(2)40(6)37(3)26-50)48-17-13-42-31-54-53-23-24-56-59(60(53)64-57(54)33-44(42)29-48)55-32-43-14-18-49(30-45(43)34-58(55)63-56)62(51-27-38(4)41(7)39(5)28-51)47-19-21-52(22-20-47)65(8,9)10/h11-34H,1-10H3. The molecule has 0 aliphatic heterocycles. The lowest BCUT2D eigenvalue weighted by Gasteiger charge is -2.28. The van der Waals surface area contributed by atoms with E-state index >= 15 is 0 Å². The number of furan rings is 2. The van der Waals surface area contributed by atoms with Crippen LogP contribution in [0.25, 0.3) is 65.4 Å². The van der Waals surface area contributed by atoms with E-state index < -0.39 is 8.07 Å². The van der Waals surface area contributed by atoms with Crippen LogP contribution in [-0.4, -0.2) is 8.07 Å². The van der Waals surface area contributed by atoms with Gasteiger partial charge >= 0.3 is 0 Å². The Kier molecular flexibility index (Phi) is 9.39. The Bertz CT molecular complexity index is 3670. The molecule has 0 bridgehead atoms. The summed E-state index contributed by atoms with van der Waals surface area (Å²) >= 11 is 0. The van der Waals surface area contributed by atoms with Crippen molar-refractivity contribution in [3.63, 3.8) is 0 Å². The summed E-state index contributed by atoms with van der Waals surface area (Å²) in [6.45, 7) is 22.6. The molecule has 0 aliphatic rings. The van der Waals surface area contributed by atoms with Gasteiger partial charge in [0, 0.05) is 50.3 Å². The largest absolute Gasteiger partial charge is 0.456 e. The van der Waals surface area contributed by atoms with Gasteiger partial charge in [-0.3, -0.25) is 0 Å². The number of hydrogen-bond donors (Lipinski definition) is 0. The van der Waals surface area contributed by atoms with Gasteiger partial charge in [-0.2, -0.15) is 0 Å². The Hall–Kier alpha value is -7.08. The van der Waals surface area contributed by atoms with Gasteiger partial charge in [0.25, 0.3) is 0 Å². The van der Waals surface area contributed by atoms with E-state index in [0.29, 0.717) is 0 Å². The van der Waals surface area contributed by atoms with Crippen molar-refractivity contribution in [2.75, 3.05) is 9.80 Å². The fourth-order valence-corrected chi connectivity index (χ4v) is 11.0. The van der Waals surface area contributed by atoms with Crippen LogP contribution in [0.5, 0.6) is 0 Å². The number of benzene rings is 9. The van der Waals surface area contributed by atoms with Gasteiger partial charge in [-0.05, 0) is 213 Å². The van der Waals surface area contributed by atoms with Gasteiger partial charge in [0.1, 0.15) is 22.3 Å². The second-order valence-electron chi connectivity index (χ2n) is 19.5. The molecule has 0 atom stereocenters. The Morgan fingerprint density at radius 1 is 0.354 bits per heavy atom. The molecular weight excluding hydrogens is 809 g/mol. The van der Waals surface area contributed by atoms with Gasteiger partial charge < -0.3 is 18.6 Å². The SMILES string of the molecule is Cc1ccc(N(c2cc(C)c(C)c(C)c2)c2ccc3cc4c(cc3c2)oc2c4ccc3oc4cc5cc(N(c6ccc([Si](C)(C)C)cc6)c6cc(C)c(C)c(C)c6)ccc5cc4c32)cc1. The Morgan fingerprint density at radius 3 is 1.32 bits per heavy atom. The molecule has 0 amide bonds. The Labute approximate surface area is 382 Å². The highest BCUT2D eigenvalue weighted by Gasteiger charge is 2.22. The molecule has 0 unspecified atom stereocenters. The van der Waals surface area contributed by atoms with Crippen LogP contribution in [0.3, 0.4) is 0 Å². The molecule has 11 aromatic rings. The minimum absolute atomic E-state index is 0.820. The topological polar surface area (TPSA) is 32.8 Å². The number of nitrogens with zero attached hydrogens (tertiary/aromatic N) is 2. The zero-order chi connectivity index (χ0) is 45.1. The Balaban J connectivity index is 1.03. The van der Waals surface area contributed by atoms with Crippen LogP contribution >= 0.6 is 0 Å². The van der Waals surface area contributed by atoms with Crippen molar-refractivity contribution in [1.82, 2.24) is 0 Å². The minimum Gasteiger partial charge on any atom is -0.456 e. The molecule has 11 rings (SSSR count). The maximum Gasteiger partial charge on any atom is 0.147 e. The predicted octanol–water partition coefficient (Wildman–Crippen LogP) is 17.4. The van der Waals surface area contributed by atoms with E-state index in [4.69, 9.17) is 8.83 Å². The molecule has 0 saturated carbocycles. The molecule has 0 N–H and O–H groups in total. The molecule has 0 saturated heterocycles. The molecule has 0 spiro atoms. The highest BCUT2D eigenvalue weighted by Crippen LogP contribution is 2.44. The van der Waals surface area contributed by atoms with Crippen molar-refractivity contribution >= 4 is 113 Å². The lowest BCUT2D eigenvalue weighted by Crippen LogP contribution is -2.37. The van der Waals surface area contributed by atoms with E-state index in [-0.39, 0.29) is 0 Å². The van der Waals surface area contributed by atoms with Crippen molar-refractivity contribution in [1.29, 1.82) is 0 Å². The van der Waals surface area contributed by atoms with Crippen molar-refractivity contribution in [2.45, 2.75) is 68.1 Å². The van der Waals surface area contributed by atoms with Gasteiger partial charge in [0.05, 0.1) is 13.5 Å². The molecule has 0 aliphatic carbocycles. The average molecular weight is 863 g/mol. The molecule has 320 valence electrons. The van der Waals surface area contributed by atoms with E-state index in [1.165, 1.54) is 49.5 Å². The summed E-state index contributed by atoms with van der Waals surface area (Å²) < 4.78 is 13.6. The van der Waals surface area contributed by atoms with Crippen molar-refractivity contribution in [3.8, 4) is 0 Å². The van der Waals surface area contributed by atoms with Crippen molar-refractivity contribution in [3.05, 3.63) is 185 Å². The van der Waals surface area contributed by atoms with E-state index in [9.17, 15) is 0 Å². The molecular formula is C60H54N2O2Si. The van der Waals surface area contributed by atoms with Crippen LogP contribution in [0.2, 0.25) is 19.6 Å². The maximum absolute atomic E-state index is 6.91. The predicted molar refractivity (Wildman–Crippen MR) is 282 cm³/mol. The Morgan fingerprint density at radius 2 is 0.815 bits per heavy atom. The van der Waals surface area contributed by atoms with E-state index in [2.05, 4.69) is 223 Å². The third kappa shape index (κ3) is 6.88. The van der Waals surface area contributed by atoms with Gasteiger partial charge in [-0.25, -0.2) is 0 Å². The van der Waals surface area contributed by atoms with Crippen LogP contribution in [0.1, 0.15) is 38.9 Å². The van der Waals surface area contributed by atoms with E-state index in [0.717, 1.165) is 94.2 Å². The van der Waals surface area contributed by atoms with Gasteiger partial charge in [0.2, 0.25) is 0 Å². The maximum atomic E-state index is 6.91. The highest BCUT2D eigenvalue weighted by molar-refractivity contribution is 6.88. The third-order valence-electron chi connectivity index (χ3n) is 14.1. The van der Waals surface area contributed by atoms with Crippen LogP contribution in [0, 0.1) is 48.5 Å². The lowest BCUT2D eigenvalue weighted by molar-refractivity contribution is 0.663. The molecule has 5 heteroatoms. The fourth-order valence-electron chi connectivity index (χ4n) is 9.82. The van der Waals surface area contributed by atoms with Gasteiger partial charge in [0.15, 0.2) is 0 Å². The molecule has 9 aromatic carbocycles. The summed E-state index contributed by atoms with van der Waals surface area (Å²) in [5.74, 6) is 0. The molecule has 65 heavy (non-hydrogen) atoms. The summed E-state index contributed by atoms with van der Waals surface area (Å²) in [4.78, 5) is 4.76. The van der Waals surface area contributed by atoms with Gasteiger partial charge in [-0.15, -0.1) is 0 Å². The first-order valence-electron chi connectivity index (χ1n) is 22.8. The van der Waals surface area contributed by atoms with Crippen molar-refractivity contribution in [2.24, 2.45) is 0 Å². The van der Waals surface area contributed by atoms with E-state index in [1.54, 1.807) is 0 Å². The first-order valence-corrected chi connectivity index (χ1v) is 26.3. The summed E-state index contributed by atoms with van der Waals surface area (Å²) in [7, 11) is -1.46. The molecule has 2 aromatic heterocycles. The summed E-state index contributed by atoms with van der Waals surface area (Å²) in [5.41, 5.74) is 19.2. The number of anilines is 6. The average Bonchev–Trinajstić information content (AvgIpc) is 3.83. The third-order valence-corrected chi connectivity index (χ3v) is 16.2. The summed E-state index contributed by atoms with van der Waals surface area (Å²) in [5, 5.41) is 10.3. The normalized spacial score (nSPS) is 12.2. The summed E-state index contributed by atoms with van der Waals surface area (Å²) in [6, 6.07) is 54.1.